The van der Waals surface area contributed by atoms with Gasteiger partial charge in [0.15, 0.2) is 4.32 Å². The Hall–Kier alpha value is -3.37. The quantitative estimate of drug-likeness (QED) is 0.542. The fourth-order valence-electron chi connectivity index (χ4n) is 3.49. The number of thioether (sulfide) groups is 1. The molecule has 0 atom stereocenters. The summed E-state index contributed by atoms with van der Waals surface area (Å²) in [6.45, 7) is -0.511. The lowest BCUT2D eigenvalue weighted by atomic mass is 10.1. The summed E-state index contributed by atoms with van der Waals surface area (Å²) in [5.41, 5.74) is 1.46. The fraction of sp³-hybridized carbons (Fsp3) is 0.143. The highest BCUT2D eigenvalue weighted by molar-refractivity contribution is 8.27. The molecule has 2 amide bonds. The van der Waals surface area contributed by atoms with Crippen molar-refractivity contribution in [2.24, 2.45) is 0 Å². The van der Waals surface area contributed by atoms with Crippen molar-refractivity contribution < 1.29 is 29.0 Å². The Labute approximate surface area is 187 Å². The van der Waals surface area contributed by atoms with Gasteiger partial charge in [-0.2, -0.15) is 0 Å². The fourth-order valence-corrected chi connectivity index (χ4v) is 4.85. The van der Waals surface area contributed by atoms with E-state index < -0.39 is 24.3 Å². The Morgan fingerprint density at radius 2 is 1.81 bits per heavy atom. The first kappa shape index (κ1) is 20.9. The molecule has 31 heavy (non-hydrogen) atoms. The number of anilines is 2. The van der Waals surface area contributed by atoms with Gasteiger partial charge in [0.2, 0.25) is 0 Å². The number of rotatable bonds is 5. The van der Waals surface area contributed by atoms with E-state index in [4.69, 9.17) is 21.7 Å². The van der Waals surface area contributed by atoms with Crippen LogP contribution in [0.4, 0.5) is 11.4 Å². The summed E-state index contributed by atoms with van der Waals surface area (Å²) in [6, 6.07) is 11.7. The molecule has 0 unspecified atom stereocenters. The summed E-state index contributed by atoms with van der Waals surface area (Å²) in [4.78, 5) is 40.4. The lowest BCUT2D eigenvalue weighted by Gasteiger charge is -2.18. The maximum Gasteiger partial charge on any atom is 0.323 e. The van der Waals surface area contributed by atoms with Gasteiger partial charge in [-0.25, -0.2) is 0 Å². The molecule has 0 aliphatic carbocycles. The monoisotopic (exact) mass is 456 g/mol. The van der Waals surface area contributed by atoms with Crippen molar-refractivity contribution >= 4 is 63.0 Å². The van der Waals surface area contributed by atoms with E-state index in [9.17, 15) is 19.5 Å². The number of para-hydroxylation sites is 1. The minimum absolute atomic E-state index is 0.138. The van der Waals surface area contributed by atoms with Crippen LogP contribution in [0.1, 0.15) is 5.56 Å². The van der Waals surface area contributed by atoms with Crippen molar-refractivity contribution in [1.82, 2.24) is 0 Å². The zero-order valence-corrected chi connectivity index (χ0v) is 18.1. The van der Waals surface area contributed by atoms with Gasteiger partial charge in [0.1, 0.15) is 18.0 Å². The Morgan fingerprint density at radius 1 is 1.06 bits per heavy atom. The van der Waals surface area contributed by atoms with E-state index in [0.717, 1.165) is 16.7 Å². The maximum atomic E-state index is 13.4. The van der Waals surface area contributed by atoms with Crippen LogP contribution in [0, 0.1) is 0 Å². The molecule has 0 bridgehead atoms. The van der Waals surface area contributed by atoms with Crippen LogP contribution in [0.5, 0.6) is 11.5 Å². The second kappa shape index (κ2) is 8.05. The molecule has 1 saturated heterocycles. The highest BCUT2D eigenvalue weighted by Gasteiger charge is 2.43. The second-order valence-electron chi connectivity index (χ2n) is 6.55. The Morgan fingerprint density at radius 3 is 2.48 bits per heavy atom. The standard InChI is InChI=1S/C21H16N2O6S2/c1-28-11-7-8-15(29-2)14(9-11)23-20(27)18(31-21(23)30)17-12-5-3-4-6-13(12)22(19(17)26)10-16(24)25/h3-9H,10H2,1-2H3,(H,24,25). The van der Waals surface area contributed by atoms with Crippen LogP contribution in [0.25, 0.3) is 5.57 Å². The van der Waals surface area contributed by atoms with Crippen molar-refractivity contribution in [3.05, 3.63) is 52.9 Å². The molecule has 2 heterocycles. The third-order valence-electron chi connectivity index (χ3n) is 4.84. The molecule has 1 N–H and O–H groups in total. The third-order valence-corrected chi connectivity index (χ3v) is 6.21. The average Bonchev–Trinajstić information content (AvgIpc) is 3.19. The van der Waals surface area contributed by atoms with Gasteiger partial charge in [-0.1, -0.05) is 42.2 Å². The largest absolute Gasteiger partial charge is 0.497 e. The first-order chi connectivity index (χ1) is 14.9. The van der Waals surface area contributed by atoms with Crippen LogP contribution in [0.15, 0.2) is 47.4 Å². The van der Waals surface area contributed by atoms with Crippen molar-refractivity contribution in [2.75, 3.05) is 30.6 Å². The maximum absolute atomic E-state index is 13.4. The number of ether oxygens (including phenoxy) is 2. The minimum Gasteiger partial charge on any atom is -0.497 e. The Bertz CT molecular complexity index is 1180. The average molecular weight is 457 g/mol. The van der Waals surface area contributed by atoms with Crippen LogP contribution in [-0.2, 0) is 14.4 Å². The van der Waals surface area contributed by atoms with Gasteiger partial charge >= 0.3 is 5.97 Å². The molecule has 2 aromatic carbocycles. The number of fused-ring (bicyclic) bond motifs is 1. The number of carboxylic acids is 1. The number of amides is 2. The number of thiocarbonyl (C=S) groups is 1. The summed E-state index contributed by atoms with van der Waals surface area (Å²) >= 11 is 6.45. The summed E-state index contributed by atoms with van der Waals surface area (Å²) in [6.07, 6.45) is 0. The number of methoxy groups -OCH3 is 2. The van der Waals surface area contributed by atoms with Crippen molar-refractivity contribution in [3.63, 3.8) is 0 Å². The number of hydrogen-bond acceptors (Lipinski definition) is 7. The summed E-state index contributed by atoms with van der Waals surface area (Å²) in [5.74, 6) is -1.28. The van der Waals surface area contributed by atoms with Gasteiger partial charge in [-0.3, -0.25) is 24.2 Å². The first-order valence-electron chi connectivity index (χ1n) is 9.03. The predicted molar refractivity (Wildman–Crippen MR) is 121 cm³/mol. The van der Waals surface area contributed by atoms with E-state index >= 15 is 0 Å². The number of hydrogen-bond donors (Lipinski definition) is 1. The predicted octanol–water partition coefficient (Wildman–Crippen LogP) is 2.91. The summed E-state index contributed by atoms with van der Waals surface area (Å²) < 4.78 is 10.9. The number of carbonyl (C=O) groups excluding carboxylic acids is 2. The van der Waals surface area contributed by atoms with E-state index in [1.165, 1.54) is 19.1 Å². The molecule has 0 saturated carbocycles. The van der Waals surface area contributed by atoms with Gasteiger partial charge in [-0.15, -0.1) is 0 Å². The van der Waals surface area contributed by atoms with Crippen LogP contribution in [-0.4, -0.2) is 48.0 Å². The Kier molecular flexibility index (Phi) is 5.42. The van der Waals surface area contributed by atoms with Crippen LogP contribution in [0.3, 0.4) is 0 Å². The Balaban J connectivity index is 1.84. The molecule has 2 aliphatic rings. The van der Waals surface area contributed by atoms with E-state index in [1.54, 1.807) is 42.5 Å². The molecule has 0 spiro atoms. The zero-order valence-electron chi connectivity index (χ0n) is 16.4. The molecule has 0 radical (unpaired) electrons. The molecule has 10 heteroatoms. The first-order valence-corrected chi connectivity index (χ1v) is 10.3. The molecule has 0 aromatic heterocycles. The zero-order chi connectivity index (χ0) is 22.3. The summed E-state index contributed by atoms with van der Waals surface area (Å²) in [7, 11) is 2.98. The third kappa shape index (κ3) is 3.43. The topological polar surface area (TPSA) is 96.4 Å². The molecule has 2 aromatic rings. The van der Waals surface area contributed by atoms with Crippen LogP contribution < -0.4 is 19.3 Å². The lowest BCUT2D eigenvalue weighted by molar-refractivity contribution is -0.136. The molecule has 158 valence electrons. The van der Waals surface area contributed by atoms with Gasteiger partial charge in [0.05, 0.1) is 36.1 Å². The number of nitrogens with zero attached hydrogens (tertiary/aromatic N) is 2. The smallest absolute Gasteiger partial charge is 0.323 e. The molecular formula is C21H16N2O6S2. The van der Waals surface area contributed by atoms with Gasteiger partial charge in [0.25, 0.3) is 11.8 Å². The minimum atomic E-state index is -1.15. The number of aliphatic carboxylic acids is 1. The van der Waals surface area contributed by atoms with Crippen molar-refractivity contribution in [1.29, 1.82) is 0 Å². The number of benzene rings is 2. The molecule has 1 fully saturated rings. The molecule has 4 rings (SSSR count). The van der Waals surface area contributed by atoms with Crippen LogP contribution in [0.2, 0.25) is 0 Å². The highest BCUT2D eigenvalue weighted by atomic mass is 32.2. The van der Waals surface area contributed by atoms with E-state index in [1.807, 2.05) is 0 Å². The van der Waals surface area contributed by atoms with E-state index in [2.05, 4.69) is 0 Å². The molecular weight excluding hydrogens is 440 g/mol. The number of carboxylic acid groups (broad SMARTS) is 1. The van der Waals surface area contributed by atoms with E-state index in [0.29, 0.717) is 28.4 Å². The molecule has 2 aliphatic heterocycles. The van der Waals surface area contributed by atoms with Crippen molar-refractivity contribution in [2.45, 2.75) is 0 Å². The van der Waals surface area contributed by atoms with Crippen molar-refractivity contribution in [3.8, 4) is 11.5 Å². The highest BCUT2D eigenvalue weighted by Crippen LogP contribution is 2.47. The lowest BCUT2D eigenvalue weighted by Crippen LogP contribution is -2.33. The SMILES string of the molecule is COc1ccc(OC)c(N2C(=O)C(=C3C(=O)N(CC(=O)O)c4ccccc43)SC2=S)c1. The van der Waals surface area contributed by atoms with Gasteiger partial charge in [0, 0.05) is 11.6 Å². The normalized spacial score (nSPS) is 17.9. The van der Waals surface area contributed by atoms with Crippen LogP contribution >= 0.6 is 24.0 Å². The second-order valence-corrected chi connectivity index (χ2v) is 8.20. The molecule has 8 nitrogen and oxygen atoms in total. The summed E-state index contributed by atoms with van der Waals surface area (Å²) in [5, 5.41) is 9.22. The van der Waals surface area contributed by atoms with E-state index in [-0.39, 0.29) is 14.8 Å². The van der Waals surface area contributed by atoms with Gasteiger partial charge < -0.3 is 14.6 Å². The number of carbonyl (C=O) groups is 3. The van der Waals surface area contributed by atoms with Gasteiger partial charge in [-0.05, 0) is 18.2 Å².